The first-order valence-electron chi connectivity index (χ1n) is 4.38. The summed E-state index contributed by atoms with van der Waals surface area (Å²) >= 11 is 0. The Balaban J connectivity index is 2.36. The fraction of sp³-hybridized carbons (Fsp3) is 0.444. The predicted molar refractivity (Wildman–Crippen MR) is 52.7 cm³/mol. The Labute approximate surface area is 82.5 Å². The maximum Gasteiger partial charge on any atom is 0.321 e. The van der Waals surface area contributed by atoms with Crippen LogP contribution >= 0.6 is 0 Å². The molecule has 1 unspecified atom stereocenters. The van der Waals surface area contributed by atoms with Crippen molar-refractivity contribution < 1.29 is 9.90 Å². The molecule has 5 nitrogen and oxygen atoms in total. The minimum Gasteiger partial charge on any atom is -0.480 e. The number of H-pyrrole nitrogens is 1. The van der Waals surface area contributed by atoms with Crippen LogP contribution in [-0.2, 0) is 11.3 Å². The molecule has 1 atom stereocenters. The Morgan fingerprint density at radius 1 is 1.79 bits per heavy atom. The molecule has 0 radical (unpaired) electrons. The fourth-order valence-electron chi connectivity index (χ4n) is 1.25. The van der Waals surface area contributed by atoms with Crippen molar-refractivity contribution in [1.29, 1.82) is 0 Å². The van der Waals surface area contributed by atoms with Crippen molar-refractivity contribution in [2.24, 2.45) is 5.73 Å². The highest BCUT2D eigenvalue weighted by Gasteiger charge is 2.13. The first kappa shape index (κ1) is 10.7. The van der Waals surface area contributed by atoms with Gasteiger partial charge in [0, 0.05) is 25.5 Å². The lowest BCUT2D eigenvalue weighted by atomic mass is 10.2. The number of hydrogen-bond donors (Lipinski definition) is 3. The maximum absolute atomic E-state index is 10.5. The predicted octanol–water partition coefficient (Wildman–Crippen LogP) is -0.142. The number of nitrogens with one attached hydrogen (secondary N) is 1. The third-order valence-electron chi connectivity index (χ3n) is 1.94. The summed E-state index contributed by atoms with van der Waals surface area (Å²) in [5.41, 5.74) is 6.51. The number of rotatable bonds is 5. The molecule has 0 saturated carbocycles. The third kappa shape index (κ3) is 3.20. The minimum atomic E-state index is -0.967. The summed E-state index contributed by atoms with van der Waals surface area (Å²) in [5, 5.41) is 8.60. The molecule has 1 aromatic rings. The van der Waals surface area contributed by atoms with E-state index in [9.17, 15) is 4.79 Å². The van der Waals surface area contributed by atoms with E-state index in [1.165, 1.54) is 0 Å². The molecule has 4 N–H and O–H groups in total. The fourth-order valence-corrected chi connectivity index (χ4v) is 1.25. The van der Waals surface area contributed by atoms with Gasteiger partial charge in [-0.3, -0.25) is 9.69 Å². The first-order chi connectivity index (χ1) is 6.59. The molecule has 0 aliphatic heterocycles. The van der Waals surface area contributed by atoms with Crippen molar-refractivity contribution in [3.8, 4) is 0 Å². The van der Waals surface area contributed by atoms with Crippen molar-refractivity contribution in [1.82, 2.24) is 9.88 Å². The Bertz CT molecular complexity index is 284. The van der Waals surface area contributed by atoms with Crippen LogP contribution in [0.15, 0.2) is 18.5 Å². The van der Waals surface area contributed by atoms with Gasteiger partial charge in [0.15, 0.2) is 0 Å². The molecule has 0 aliphatic rings. The smallest absolute Gasteiger partial charge is 0.321 e. The highest BCUT2D eigenvalue weighted by molar-refractivity contribution is 5.73. The molecular weight excluding hydrogens is 182 g/mol. The van der Waals surface area contributed by atoms with Gasteiger partial charge in [0.2, 0.25) is 0 Å². The number of aromatic nitrogens is 1. The van der Waals surface area contributed by atoms with E-state index in [2.05, 4.69) is 4.98 Å². The van der Waals surface area contributed by atoms with Gasteiger partial charge >= 0.3 is 5.97 Å². The van der Waals surface area contributed by atoms with E-state index in [4.69, 9.17) is 10.8 Å². The van der Waals surface area contributed by atoms with Gasteiger partial charge in [-0.15, -0.1) is 0 Å². The van der Waals surface area contributed by atoms with E-state index in [-0.39, 0.29) is 0 Å². The van der Waals surface area contributed by atoms with Crippen LogP contribution < -0.4 is 5.73 Å². The van der Waals surface area contributed by atoms with E-state index in [1.807, 2.05) is 30.4 Å². The van der Waals surface area contributed by atoms with Gasteiger partial charge in [-0.25, -0.2) is 0 Å². The Morgan fingerprint density at radius 3 is 3.00 bits per heavy atom. The van der Waals surface area contributed by atoms with Crippen molar-refractivity contribution in [2.45, 2.75) is 12.6 Å². The standard InChI is InChI=1S/C9H15N3O2/c1-12(6-8(10)9(13)14)5-7-2-3-11-4-7/h2-4,8,11H,5-6,10H2,1H3,(H,13,14). The quantitative estimate of drug-likeness (QED) is 0.613. The van der Waals surface area contributed by atoms with Crippen LogP contribution in [0.1, 0.15) is 5.56 Å². The van der Waals surface area contributed by atoms with Gasteiger partial charge in [-0.2, -0.15) is 0 Å². The lowest BCUT2D eigenvalue weighted by Gasteiger charge is -2.17. The molecule has 1 heterocycles. The topological polar surface area (TPSA) is 82.3 Å². The molecule has 0 fully saturated rings. The van der Waals surface area contributed by atoms with Crippen molar-refractivity contribution >= 4 is 5.97 Å². The first-order valence-corrected chi connectivity index (χ1v) is 4.38. The van der Waals surface area contributed by atoms with Gasteiger partial charge in [-0.05, 0) is 18.7 Å². The molecule has 78 valence electrons. The summed E-state index contributed by atoms with van der Waals surface area (Å²) in [6, 6.07) is 1.13. The van der Waals surface area contributed by atoms with Gasteiger partial charge < -0.3 is 15.8 Å². The summed E-state index contributed by atoms with van der Waals surface area (Å²) in [5.74, 6) is -0.967. The molecule has 0 bridgehead atoms. The van der Waals surface area contributed by atoms with E-state index in [0.29, 0.717) is 13.1 Å². The Hall–Kier alpha value is -1.33. The van der Waals surface area contributed by atoms with E-state index in [1.54, 1.807) is 0 Å². The molecule has 0 aromatic carbocycles. The number of likely N-dealkylation sites (N-methyl/N-ethyl adjacent to an activating group) is 1. The van der Waals surface area contributed by atoms with E-state index >= 15 is 0 Å². The van der Waals surface area contributed by atoms with Crippen LogP contribution in [0.3, 0.4) is 0 Å². The van der Waals surface area contributed by atoms with Gasteiger partial charge in [0.1, 0.15) is 6.04 Å². The van der Waals surface area contributed by atoms with E-state index in [0.717, 1.165) is 5.56 Å². The van der Waals surface area contributed by atoms with Gasteiger partial charge in [0.05, 0.1) is 0 Å². The van der Waals surface area contributed by atoms with Crippen LogP contribution in [0.4, 0.5) is 0 Å². The molecule has 0 spiro atoms. The third-order valence-corrected chi connectivity index (χ3v) is 1.94. The molecule has 5 heteroatoms. The second-order valence-electron chi connectivity index (χ2n) is 3.36. The number of nitrogens with two attached hydrogens (primary N) is 1. The zero-order chi connectivity index (χ0) is 10.6. The highest BCUT2D eigenvalue weighted by Crippen LogP contribution is 2.01. The SMILES string of the molecule is CN(Cc1cc[nH]c1)CC(N)C(=O)O. The summed E-state index contributed by atoms with van der Waals surface area (Å²) in [7, 11) is 1.84. The van der Waals surface area contributed by atoms with Crippen molar-refractivity contribution in [2.75, 3.05) is 13.6 Å². The maximum atomic E-state index is 10.5. The lowest BCUT2D eigenvalue weighted by molar-refractivity contribution is -0.138. The second-order valence-corrected chi connectivity index (χ2v) is 3.36. The van der Waals surface area contributed by atoms with E-state index < -0.39 is 12.0 Å². The molecule has 1 rings (SSSR count). The van der Waals surface area contributed by atoms with Crippen molar-refractivity contribution in [3.63, 3.8) is 0 Å². The number of carboxylic acid groups (broad SMARTS) is 1. The zero-order valence-electron chi connectivity index (χ0n) is 8.10. The number of carboxylic acids is 1. The van der Waals surface area contributed by atoms with Crippen LogP contribution in [0.5, 0.6) is 0 Å². The van der Waals surface area contributed by atoms with Crippen molar-refractivity contribution in [3.05, 3.63) is 24.0 Å². The monoisotopic (exact) mass is 197 g/mol. The molecular formula is C9H15N3O2. The Kier molecular flexibility index (Phi) is 3.67. The largest absolute Gasteiger partial charge is 0.480 e. The highest BCUT2D eigenvalue weighted by atomic mass is 16.4. The van der Waals surface area contributed by atoms with Crippen LogP contribution in [0, 0.1) is 0 Å². The summed E-state index contributed by atoms with van der Waals surface area (Å²) in [6.45, 7) is 1.05. The molecule has 0 aliphatic carbocycles. The summed E-state index contributed by atoms with van der Waals surface area (Å²) < 4.78 is 0. The van der Waals surface area contributed by atoms with Crippen LogP contribution in [0.25, 0.3) is 0 Å². The number of aliphatic carboxylic acids is 1. The normalized spacial score (nSPS) is 13.1. The molecule has 1 aromatic heterocycles. The zero-order valence-corrected chi connectivity index (χ0v) is 8.10. The Morgan fingerprint density at radius 2 is 2.50 bits per heavy atom. The average Bonchev–Trinajstić information content (AvgIpc) is 2.56. The van der Waals surface area contributed by atoms with Gasteiger partial charge in [-0.1, -0.05) is 0 Å². The molecule has 14 heavy (non-hydrogen) atoms. The molecule has 0 saturated heterocycles. The molecule has 0 amide bonds. The second kappa shape index (κ2) is 4.78. The van der Waals surface area contributed by atoms with Crippen LogP contribution in [0.2, 0.25) is 0 Å². The lowest BCUT2D eigenvalue weighted by Crippen LogP contribution is -2.40. The average molecular weight is 197 g/mol. The number of hydrogen-bond acceptors (Lipinski definition) is 3. The summed E-state index contributed by atoms with van der Waals surface area (Å²) in [6.07, 6.45) is 3.71. The summed E-state index contributed by atoms with van der Waals surface area (Å²) in [4.78, 5) is 15.3. The van der Waals surface area contributed by atoms with Crippen LogP contribution in [-0.4, -0.2) is 40.6 Å². The number of aromatic amines is 1. The van der Waals surface area contributed by atoms with Gasteiger partial charge in [0.25, 0.3) is 0 Å². The number of nitrogens with zero attached hydrogens (tertiary/aromatic N) is 1. The number of carbonyl (C=O) groups is 1. The minimum absolute atomic E-state index is 0.348.